The van der Waals surface area contributed by atoms with E-state index in [2.05, 4.69) is 78.7 Å². The lowest BCUT2D eigenvalue weighted by Crippen LogP contribution is -2.57. The molecule has 0 saturated carbocycles. The van der Waals surface area contributed by atoms with Crippen molar-refractivity contribution in [1.82, 2.24) is 10.2 Å². The minimum Gasteiger partial charge on any atom is -0.375 e. The smallest absolute Gasteiger partial charge is 0.0717 e. The summed E-state index contributed by atoms with van der Waals surface area (Å²) in [5.74, 6) is 0.719. The Kier molecular flexibility index (Phi) is 7.24. The summed E-state index contributed by atoms with van der Waals surface area (Å²) in [5.41, 5.74) is 2.62. The SMILES string of the molecule is CC(C)C[C@@H]1CN(Cc2ccccc2)[C@@H](COCc2ccccc2)CN1. The van der Waals surface area contributed by atoms with Crippen LogP contribution in [0.2, 0.25) is 0 Å². The van der Waals surface area contributed by atoms with Crippen LogP contribution < -0.4 is 5.32 Å². The molecule has 0 aromatic heterocycles. The van der Waals surface area contributed by atoms with E-state index in [1.54, 1.807) is 0 Å². The first kappa shape index (κ1) is 19.1. The fourth-order valence-electron chi connectivity index (χ4n) is 3.72. The van der Waals surface area contributed by atoms with Crippen molar-refractivity contribution in [2.24, 2.45) is 5.92 Å². The van der Waals surface area contributed by atoms with E-state index in [1.807, 2.05) is 6.07 Å². The average Bonchev–Trinajstić information content (AvgIpc) is 2.65. The molecule has 1 fully saturated rings. The van der Waals surface area contributed by atoms with Crippen LogP contribution in [-0.4, -0.2) is 36.7 Å². The van der Waals surface area contributed by atoms with Crippen molar-refractivity contribution in [2.75, 3.05) is 19.7 Å². The maximum atomic E-state index is 6.06. The third-order valence-corrected chi connectivity index (χ3v) is 5.02. The lowest BCUT2D eigenvalue weighted by Gasteiger charge is -2.41. The van der Waals surface area contributed by atoms with Crippen molar-refractivity contribution >= 4 is 0 Å². The van der Waals surface area contributed by atoms with E-state index < -0.39 is 0 Å². The summed E-state index contributed by atoms with van der Waals surface area (Å²) in [6.07, 6.45) is 1.23. The maximum absolute atomic E-state index is 6.06. The molecule has 2 atom stereocenters. The van der Waals surface area contributed by atoms with Crippen LogP contribution in [0.3, 0.4) is 0 Å². The van der Waals surface area contributed by atoms with Crippen LogP contribution in [0.5, 0.6) is 0 Å². The predicted octanol–water partition coefficient (Wildman–Crippen LogP) is 4.09. The van der Waals surface area contributed by atoms with Gasteiger partial charge >= 0.3 is 0 Å². The minimum atomic E-state index is 0.419. The van der Waals surface area contributed by atoms with Crippen molar-refractivity contribution in [3.05, 3.63) is 71.8 Å². The molecule has 0 amide bonds. The van der Waals surface area contributed by atoms with E-state index in [1.165, 1.54) is 17.5 Å². The molecule has 0 spiro atoms. The zero-order valence-electron chi connectivity index (χ0n) is 16.1. The summed E-state index contributed by atoms with van der Waals surface area (Å²) in [4.78, 5) is 2.60. The number of nitrogens with zero attached hydrogens (tertiary/aromatic N) is 1. The number of benzene rings is 2. The van der Waals surface area contributed by atoms with Gasteiger partial charge in [-0.3, -0.25) is 4.90 Å². The standard InChI is InChI=1S/C23H32N2O/c1-19(2)13-22-16-25(15-20-9-5-3-6-10-20)23(14-24-22)18-26-17-21-11-7-4-8-12-21/h3-12,19,22-24H,13-18H2,1-2H3/t22-,23-/m1/s1. The van der Waals surface area contributed by atoms with Crippen LogP contribution >= 0.6 is 0 Å². The highest BCUT2D eigenvalue weighted by Gasteiger charge is 2.28. The number of hydrogen-bond donors (Lipinski definition) is 1. The Morgan fingerprint density at radius 1 is 1.00 bits per heavy atom. The van der Waals surface area contributed by atoms with Crippen LogP contribution in [0.15, 0.2) is 60.7 Å². The molecule has 1 aliphatic rings. The van der Waals surface area contributed by atoms with E-state index in [0.29, 0.717) is 18.7 Å². The fourth-order valence-corrected chi connectivity index (χ4v) is 3.72. The molecular formula is C23H32N2O. The summed E-state index contributed by atoms with van der Waals surface area (Å²) in [7, 11) is 0. The molecule has 2 aromatic rings. The molecule has 140 valence electrons. The van der Waals surface area contributed by atoms with E-state index in [0.717, 1.165) is 32.2 Å². The second-order valence-corrected chi connectivity index (χ2v) is 7.80. The van der Waals surface area contributed by atoms with Gasteiger partial charge in [0.1, 0.15) is 0 Å². The summed E-state index contributed by atoms with van der Waals surface area (Å²) in [6.45, 7) is 9.15. The van der Waals surface area contributed by atoms with Crippen molar-refractivity contribution in [2.45, 2.75) is 45.5 Å². The van der Waals surface area contributed by atoms with Crippen LogP contribution in [0.4, 0.5) is 0 Å². The van der Waals surface area contributed by atoms with Gasteiger partial charge in [0, 0.05) is 31.7 Å². The molecule has 0 aliphatic carbocycles. The van der Waals surface area contributed by atoms with Crippen LogP contribution in [0.25, 0.3) is 0 Å². The molecule has 2 aromatic carbocycles. The summed E-state index contributed by atoms with van der Waals surface area (Å²) in [5, 5.41) is 3.74. The molecule has 0 unspecified atom stereocenters. The van der Waals surface area contributed by atoms with Gasteiger partial charge in [0.2, 0.25) is 0 Å². The molecule has 0 radical (unpaired) electrons. The van der Waals surface area contributed by atoms with E-state index in [9.17, 15) is 0 Å². The van der Waals surface area contributed by atoms with Crippen molar-refractivity contribution in [3.63, 3.8) is 0 Å². The van der Waals surface area contributed by atoms with E-state index in [-0.39, 0.29) is 0 Å². The van der Waals surface area contributed by atoms with Crippen LogP contribution in [-0.2, 0) is 17.9 Å². The lowest BCUT2D eigenvalue weighted by molar-refractivity contribution is 0.0229. The Morgan fingerprint density at radius 3 is 2.31 bits per heavy atom. The highest BCUT2D eigenvalue weighted by atomic mass is 16.5. The van der Waals surface area contributed by atoms with Gasteiger partial charge in [0.05, 0.1) is 13.2 Å². The molecule has 3 rings (SSSR count). The first-order valence-electron chi connectivity index (χ1n) is 9.83. The summed E-state index contributed by atoms with van der Waals surface area (Å²) < 4.78 is 6.06. The first-order chi connectivity index (χ1) is 12.7. The Morgan fingerprint density at radius 2 is 1.65 bits per heavy atom. The molecule has 3 heteroatoms. The van der Waals surface area contributed by atoms with Crippen molar-refractivity contribution in [3.8, 4) is 0 Å². The molecule has 26 heavy (non-hydrogen) atoms. The highest BCUT2D eigenvalue weighted by molar-refractivity contribution is 5.15. The molecule has 3 nitrogen and oxygen atoms in total. The number of piperazine rings is 1. The fraction of sp³-hybridized carbons (Fsp3) is 0.478. The van der Waals surface area contributed by atoms with Crippen LogP contribution in [0, 0.1) is 5.92 Å². The normalized spacial score (nSPS) is 21.2. The zero-order valence-corrected chi connectivity index (χ0v) is 16.1. The van der Waals surface area contributed by atoms with Gasteiger partial charge in [-0.1, -0.05) is 74.5 Å². The van der Waals surface area contributed by atoms with E-state index in [4.69, 9.17) is 4.74 Å². The topological polar surface area (TPSA) is 24.5 Å². The molecule has 1 heterocycles. The molecular weight excluding hydrogens is 320 g/mol. The summed E-state index contributed by atoms with van der Waals surface area (Å²) >= 11 is 0. The van der Waals surface area contributed by atoms with Crippen molar-refractivity contribution < 1.29 is 4.74 Å². The van der Waals surface area contributed by atoms with Crippen LogP contribution in [0.1, 0.15) is 31.4 Å². The Balaban J connectivity index is 1.58. The molecule has 0 bridgehead atoms. The number of hydrogen-bond acceptors (Lipinski definition) is 3. The number of rotatable bonds is 8. The first-order valence-corrected chi connectivity index (χ1v) is 9.83. The zero-order chi connectivity index (χ0) is 18.2. The van der Waals surface area contributed by atoms with Gasteiger partial charge in [-0.15, -0.1) is 0 Å². The van der Waals surface area contributed by atoms with Gasteiger partial charge in [-0.25, -0.2) is 0 Å². The van der Waals surface area contributed by atoms with Gasteiger partial charge in [-0.05, 0) is 23.5 Å². The average molecular weight is 353 g/mol. The van der Waals surface area contributed by atoms with Gasteiger partial charge in [-0.2, -0.15) is 0 Å². The van der Waals surface area contributed by atoms with Gasteiger partial charge < -0.3 is 10.1 Å². The molecule has 1 saturated heterocycles. The Labute approximate surface area is 158 Å². The third-order valence-electron chi connectivity index (χ3n) is 5.02. The molecule has 1 N–H and O–H groups in total. The number of ether oxygens (including phenoxy) is 1. The van der Waals surface area contributed by atoms with Gasteiger partial charge in [0.15, 0.2) is 0 Å². The quantitative estimate of drug-likeness (QED) is 0.774. The third kappa shape index (κ3) is 5.94. The molecule has 1 aliphatic heterocycles. The maximum Gasteiger partial charge on any atom is 0.0717 e. The second kappa shape index (κ2) is 9.86. The lowest BCUT2D eigenvalue weighted by atomic mass is 9.99. The predicted molar refractivity (Wildman–Crippen MR) is 108 cm³/mol. The highest BCUT2D eigenvalue weighted by Crippen LogP contribution is 2.17. The Hall–Kier alpha value is -1.68. The van der Waals surface area contributed by atoms with Gasteiger partial charge in [0.25, 0.3) is 0 Å². The minimum absolute atomic E-state index is 0.419. The monoisotopic (exact) mass is 352 g/mol. The largest absolute Gasteiger partial charge is 0.375 e. The Bertz CT molecular complexity index is 629. The summed E-state index contributed by atoms with van der Waals surface area (Å²) in [6, 6.07) is 22.2. The van der Waals surface area contributed by atoms with E-state index >= 15 is 0 Å². The second-order valence-electron chi connectivity index (χ2n) is 7.80. The number of nitrogens with one attached hydrogen (secondary N) is 1. The van der Waals surface area contributed by atoms with Crippen molar-refractivity contribution in [1.29, 1.82) is 0 Å².